The van der Waals surface area contributed by atoms with Crippen molar-refractivity contribution in [2.24, 2.45) is 0 Å². The maximum Gasteiger partial charge on any atom is 0.0543 e. The molecule has 0 spiro atoms. The van der Waals surface area contributed by atoms with Crippen molar-refractivity contribution >= 4 is 7.92 Å². The molecule has 0 nitrogen and oxygen atoms in total. The van der Waals surface area contributed by atoms with Crippen LogP contribution in [0.15, 0.2) is 0 Å². The molecular formula is C6H16PPt+. The Morgan fingerprint density at radius 3 is 1.12 bits per heavy atom. The average molecular weight is 314 g/mol. The summed E-state index contributed by atoms with van der Waals surface area (Å²) in [5.74, 6) is 0. The van der Waals surface area contributed by atoms with Crippen molar-refractivity contribution in [3.63, 3.8) is 0 Å². The standard InChI is InChI=1S/C6H15P.Pt/c1-4-7(5-2)6-3;/h4-6H2,1-3H3;/p+1. The molecule has 0 fully saturated rings. The van der Waals surface area contributed by atoms with E-state index in [4.69, 9.17) is 0 Å². The third-order valence-electron chi connectivity index (χ3n) is 1.50. The van der Waals surface area contributed by atoms with Gasteiger partial charge in [-0.2, -0.15) is 0 Å². The van der Waals surface area contributed by atoms with Gasteiger partial charge in [-0.05, 0) is 28.7 Å². The first-order chi connectivity index (χ1) is 3.35. The molecule has 0 N–H and O–H groups in total. The molecule has 0 bridgehead atoms. The summed E-state index contributed by atoms with van der Waals surface area (Å²) in [7, 11) is 0.137. The molecule has 0 rings (SSSR count). The number of hydrogen-bond acceptors (Lipinski definition) is 0. The number of rotatable bonds is 3. The van der Waals surface area contributed by atoms with Crippen LogP contribution in [-0.2, 0) is 21.1 Å². The molecule has 0 aliphatic rings. The summed E-state index contributed by atoms with van der Waals surface area (Å²) in [6, 6.07) is 0. The first-order valence-electron chi connectivity index (χ1n) is 3.18. The van der Waals surface area contributed by atoms with Gasteiger partial charge in [0, 0.05) is 21.1 Å². The molecule has 0 radical (unpaired) electrons. The van der Waals surface area contributed by atoms with Gasteiger partial charge in [0.05, 0.1) is 18.5 Å². The molecule has 0 heterocycles. The molecule has 8 heavy (non-hydrogen) atoms. The fourth-order valence-electron chi connectivity index (χ4n) is 0.750. The Morgan fingerprint density at radius 1 is 0.875 bits per heavy atom. The van der Waals surface area contributed by atoms with Crippen molar-refractivity contribution in [1.82, 2.24) is 0 Å². The first kappa shape index (κ1) is 11.9. The average Bonchev–Trinajstić information content (AvgIpc) is 1.72. The van der Waals surface area contributed by atoms with Crippen molar-refractivity contribution in [2.75, 3.05) is 18.5 Å². The molecule has 0 unspecified atom stereocenters. The summed E-state index contributed by atoms with van der Waals surface area (Å²) < 4.78 is 0. The van der Waals surface area contributed by atoms with E-state index in [0.717, 1.165) is 0 Å². The SMILES string of the molecule is CC[PH+](CC)CC.[Pt]. The third-order valence-corrected chi connectivity index (χ3v) is 4.50. The smallest absolute Gasteiger partial charge is 0.0313 e. The maximum absolute atomic E-state index is 2.31. The second-order valence-corrected chi connectivity index (χ2v) is 5.43. The monoisotopic (exact) mass is 314 g/mol. The van der Waals surface area contributed by atoms with Gasteiger partial charge in [-0.3, -0.25) is 0 Å². The fraction of sp³-hybridized carbons (Fsp3) is 1.00. The van der Waals surface area contributed by atoms with Gasteiger partial charge < -0.3 is 0 Å². The van der Waals surface area contributed by atoms with Gasteiger partial charge >= 0.3 is 0 Å². The van der Waals surface area contributed by atoms with Gasteiger partial charge in [0.1, 0.15) is 0 Å². The van der Waals surface area contributed by atoms with E-state index in [-0.39, 0.29) is 29.0 Å². The van der Waals surface area contributed by atoms with Crippen LogP contribution in [0.25, 0.3) is 0 Å². The zero-order valence-electron chi connectivity index (χ0n) is 5.94. The van der Waals surface area contributed by atoms with Crippen LogP contribution in [0.3, 0.4) is 0 Å². The van der Waals surface area contributed by atoms with E-state index in [1.807, 2.05) is 0 Å². The minimum atomic E-state index is 0. The first-order valence-corrected chi connectivity index (χ1v) is 5.30. The largest absolute Gasteiger partial charge is 0.0543 e. The minimum Gasteiger partial charge on any atom is -0.0313 e. The van der Waals surface area contributed by atoms with E-state index >= 15 is 0 Å². The van der Waals surface area contributed by atoms with Crippen LogP contribution >= 0.6 is 7.92 Å². The van der Waals surface area contributed by atoms with Crippen molar-refractivity contribution < 1.29 is 21.1 Å². The Morgan fingerprint density at radius 2 is 1.12 bits per heavy atom. The van der Waals surface area contributed by atoms with Crippen molar-refractivity contribution in [1.29, 1.82) is 0 Å². The van der Waals surface area contributed by atoms with Crippen molar-refractivity contribution in [2.45, 2.75) is 20.8 Å². The summed E-state index contributed by atoms with van der Waals surface area (Å²) >= 11 is 0. The molecular weight excluding hydrogens is 298 g/mol. The van der Waals surface area contributed by atoms with Crippen LogP contribution in [0, 0.1) is 0 Å². The molecule has 0 aliphatic heterocycles. The summed E-state index contributed by atoms with van der Waals surface area (Å²) in [6.07, 6.45) is 4.37. The minimum absolute atomic E-state index is 0. The zero-order valence-corrected chi connectivity index (χ0v) is 9.21. The maximum atomic E-state index is 2.31. The predicted molar refractivity (Wildman–Crippen MR) is 39.9 cm³/mol. The normalized spacial score (nSPS) is 9.00. The second kappa shape index (κ2) is 8.12. The molecule has 0 saturated heterocycles. The third kappa shape index (κ3) is 5.26. The van der Waals surface area contributed by atoms with Gasteiger partial charge in [0.2, 0.25) is 0 Å². The van der Waals surface area contributed by atoms with Crippen LogP contribution in [0.1, 0.15) is 20.8 Å². The Labute approximate surface area is 68.5 Å². The Hall–Kier alpha value is 1.12. The molecule has 54 valence electrons. The van der Waals surface area contributed by atoms with E-state index in [9.17, 15) is 0 Å². The Balaban J connectivity index is 0. The van der Waals surface area contributed by atoms with Crippen molar-refractivity contribution in [3.05, 3.63) is 0 Å². The molecule has 0 aromatic heterocycles. The summed E-state index contributed by atoms with van der Waals surface area (Å²) in [5, 5.41) is 0. The fourth-order valence-corrected chi connectivity index (χ4v) is 2.25. The number of hydrogen-bond donors (Lipinski definition) is 0. The Bertz CT molecular complexity index is 30.0. The molecule has 0 aliphatic carbocycles. The van der Waals surface area contributed by atoms with Crippen LogP contribution in [-0.4, -0.2) is 18.5 Å². The van der Waals surface area contributed by atoms with Gasteiger partial charge in [-0.15, -0.1) is 0 Å². The summed E-state index contributed by atoms with van der Waals surface area (Å²) in [5.41, 5.74) is 0. The van der Waals surface area contributed by atoms with E-state index < -0.39 is 0 Å². The molecule has 0 amide bonds. The summed E-state index contributed by atoms with van der Waals surface area (Å²) in [4.78, 5) is 0. The van der Waals surface area contributed by atoms with Gasteiger partial charge in [-0.1, -0.05) is 0 Å². The Kier molecular flexibility index (Phi) is 12.0. The predicted octanol–water partition coefficient (Wildman–Crippen LogP) is 2.26. The van der Waals surface area contributed by atoms with Gasteiger partial charge in [0.15, 0.2) is 0 Å². The zero-order chi connectivity index (χ0) is 5.70. The van der Waals surface area contributed by atoms with Gasteiger partial charge in [-0.25, -0.2) is 0 Å². The molecule has 0 saturated carbocycles. The molecule has 2 heteroatoms. The van der Waals surface area contributed by atoms with Gasteiger partial charge in [0.25, 0.3) is 0 Å². The van der Waals surface area contributed by atoms with Crippen LogP contribution in [0.4, 0.5) is 0 Å². The van der Waals surface area contributed by atoms with E-state index in [1.165, 1.54) is 18.5 Å². The molecule has 0 atom stereocenters. The van der Waals surface area contributed by atoms with Crippen LogP contribution < -0.4 is 0 Å². The topological polar surface area (TPSA) is 0 Å². The second-order valence-electron chi connectivity index (χ2n) is 1.81. The van der Waals surface area contributed by atoms with Crippen LogP contribution in [0.5, 0.6) is 0 Å². The quantitative estimate of drug-likeness (QED) is 0.701. The van der Waals surface area contributed by atoms with E-state index in [1.54, 1.807) is 0 Å². The molecule has 0 aromatic carbocycles. The van der Waals surface area contributed by atoms with E-state index in [0.29, 0.717) is 0 Å². The summed E-state index contributed by atoms with van der Waals surface area (Å²) in [6.45, 7) is 6.92. The molecule has 0 aromatic rings. The van der Waals surface area contributed by atoms with Crippen molar-refractivity contribution in [3.8, 4) is 0 Å². The van der Waals surface area contributed by atoms with E-state index in [2.05, 4.69) is 20.8 Å². The van der Waals surface area contributed by atoms with Crippen LogP contribution in [0.2, 0.25) is 0 Å².